The molecule has 1 atom stereocenters. The summed E-state index contributed by atoms with van der Waals surface area (Å²) in [6.07, 6.45) is 1.12. The number of hydrogen-bond acceptors (Lipinski definition) is 3. The molecule has 1 aliphatic heterocycles. The summed E-state index contributed by atoms with van der Waals surface area (Å²) in [6, 6.07) is 10.2. The summed E-state index contributed by atoms with van der Waals surface area (Å²) in [4.78, 5) is 16.0. The largest absolute Gasteiger partial charge is 0.315 e. The van der Waals surface area contributed by atoms with E-state index in [2.05, 4.69) is 10.2 Å². The van der Waals surface area contributed by atoms with Crippen molar-refractivity contribution in [1.29, 1.82) is 0 Å². The molecular weight excluding hydrogens is 226 g/mol. The van der Waals surface area contributed by atoms with Gasteiger partial charge in [-0.25, -0.2) is 0 Å². The van der Waals surface area contributed by atoms with Crippen LogP contribution in [0.4, 0.5) is 5.69 Å². The number of rotatable bonds is 4. The fourth-order valence-corrected chi connectivity index (χ4v) is 2.26. The van der Waals surface area contributed by atoms with Crippen LogP contribution in [0, 0.1) is 0 Å². The molecule has 98 valence electrons. The van der Waals surface area contributed by atoms with Crippen LogP contribution in [0.3, 0.4) is 0 Å². The number of hydrogen-bond donors (Lipinski definition) is 1. The van der Waals surface area contributed by atoms with Crippen LogP contribution in [0.1, 0.15) is 6.42 Å². The normalized spacial score (nSPS) is 19.2. The highest BCUT2D eigenvalue weighted by Crippen LogP contribution is 2.12. The Morgan fingerprint density at radius 3 is 2.67 bits per heavy atom. The fraction of sp³-hybridized carbons (Fsp3) is 0.500. The van der Waals surface area contributed by atoms with Crippen molar-refractivity contribution in [3.05, 3.63) is 30.3 Å². The zero-order valence-electron chi connectivity index (χ0n) is 11.1. The predicted octanol–water partition coefficient (Wildman–Crippen LogP) is 0.943. The van der Waals surface area contributed by atoms with E-state index in [1.807, 2.05) is 44.4 Å². The maximum absolute atomic E-state index is 12.2. The highest BCUT2D eigenvalue weighted by atomic mass is 16.2. The maximum Gasteiger partial charge on any atom is 0.240 e. The minimum absolute atomic E-state index is 0.135. The number of benzene rings is 1. The molecule has 1 N–H and O–H groups in total. The topological polar surface area (TPSA) is 35.6 Å². The molecule has 0 spiro atoms. The molecule has 0 saturated carbocycles. The summed E-state index contributed by atoms with van der Waals surface area (Å²) < 4.78 is 0. The summed E-state index contributed by atoms with van der Waals surface area (Å²) in [5.41, 5.74) is 0.945. The Kier molecular flexibility index (Phi) is 4.33. The Morgan fingerprint density at radius 1 is 1.33 bits per heavy atom. The quantitative estimate of drug-likeness (QED) is 0.860. The van der Waals surface area contributed by atoms with Gasteiger partial charge >= 0.3 is 0 Å². The van der Waals surface area contributed by atoms with Crippen LogP contribution in [0.15, 0.2) is 30.3 Å². The summed E-state index contributed by atoms with van der Waals surface area (Å²) in [7, 11) is 3.85. The molecule has 1 amide bonds. The van der Waals surface area contributed by atoms with Gasteiger partial charge in [0.25, 0.3) is 0 Å². The number of nitrogens with one attached hydrogen (secondary N) is 1. The van der Waals surface area contributed by atoms with Gasteiger partial charge in [-0.1, -0.05) is 18.2 Å². The molecule has 1 fully saturated rings. The summed E-state index contributed by atoms with van der Waals surface area (Å²) in [5, 5.41) is 3.32. The van der Waals surface area contributed by atoms with Gasteiger partial charge in [0.15, 0.2) is 0 Å². The van der Waals surface area contributed by atoms with Gasteiger partial charge in [-0.2, -0.15) is 0 Å². The molecule has 4 heteroatoms. The lowest BCUT2D eigenvalue weighted by Gasteiger charge is -2.25. The van der Waals surface area contributed by atoms with E-state index in [9.17, 15) is 4.79 Å². The second-order valence-corrected chi connectivity index (χ2v) is 4.85. The van der Waals surface area contributed by atoms with Crippen molar-refractivity contribution < 1.29 is 4.79 Å². The van der Waals surface area contributed by atoms with Crippen molar-refractivity contribution in [1.82, 2.24) is 10.2 Å². The Hall–Kier alpha value is -1.39. The van der Waals surface area contributed by atoms with Crippen LogP contribution in [0.2, 0.25) is 0 Å². The van der Waals surface area contributed by atoms with E-state index >= 15 is 0 Å². The van der Waals surface area contributed by atoms with Crippen LogP contribution in [0.25, 0.3) is 0 Å². The SMILES string of the molecule is CN(C(=O)CN(C)C1CCNC1)c1ccccc1. The monoisotopic (exact) mass is 247 g/mol. The van der Waals surface area contributed by atoms with Crippen LogP contribution >= 0.6 is 0 Å². The van der Waals surface area contributed by atoms with E-state index in [-0.39, 0.29) is 5.91 Å². The molecule has 1 saturated heterocycles. The minimum Gasteiger partial charge on any atom is -0.315 e. The van der Waals surface area contributed by atoms with Gasteiger partial charge in [-0.05, 0) is 32.1 Å². The first-order chi connectivity index (χ1) is 8.68. The first-order valence-corrected chi connectivity index (χ1v) is 6.41. The lowest BCUT2D eigenvalue weighted by atomic mass is 10.2. The number of anilines is 1. The van der Waals surface area contributed by atoms with Crippen molar-refractivity contribution in [2.45, 2.75) is 12.5 Å². The maximum atomic E-state index is 12.2. The third kappa shape index (κ3) is 3.09. The molecule has 1 aliphatic rings. The standard InChI is InChI=1S/C14H21N3O/c1-16(13-8-9-15-10-13)11-14(18)17(2)12-6-4-3-5-7-12/h3-7,13,15H,8-11H2,1-2H3. The molecule has 1 unspecified atom stereocenters. The van der Waals surface area contributed by atoms with E-state index in [1.54, 1.807) is 4.90 Å². The van der Waals surface area contributed by atoms with E-state index in [0.29, 0.717) is 12.6 Å². The second-order valence-electron chi connectivity index (χ2n) is 4.85. The molecule has 1 heterocycles. The number of nitrogens with zero attached hydrogens (tertiary/aromatic N) is 2. The van der Waals surface area contributed by atoms with E-state index < -0.39 is 0 Å². The zero-order valence-corrected chi connectivity index (χ0v) is 11.1. The molecule has 0 bridgehead atoms. The molecule has 2 rings (SSSR count). The summed E-state index contributed by atoms with van der Waals surface area (Å²) in [6.45, 7) is 2.51. The molecule has 18 heavy (non-hydrogen) atoms. The van der Waals surface area contributed by atoms with Gasteiger partial charge in [0.1, 0.15) is 0 Å². The Labute approximate surface area is 109 Å². The third-order valence-electron chi connectivity index (χ3n) is 3.56. The highest BCUT2D eigenvalue weighted by molar-refractivity contribution is 5.94. The van der Waals surface area contributed by atoms with Crippen LogP contribution < -0.4 is 10.2 Å². The zero-order chi connectivity index (χ0) is 13.0. The molecule has 0 aromatic heterocycles. The van der Waals surface area contributed by atoms with Gasteiger partial charge < -0.3 is 10.2 Å². The average molecular weight is 247 g/mol. The third-order valence-corrected chi connectivity index (χ3v) is 3.56. The Balaban J connectivity index is 1.91. The average Bonchev–Trinajstić information content (AvgIpc) is 2.92. The number of carbonyl (C=O) groups is 1. The molecule has 4 nitrogen and oxygen atoms in total. The lowest BCUT2D eigenvalue weighted by molar-refractivity contribution is -0.119. The van der Waals surface area contributed by atoms with Crippen molar-refractivity contribution in [3.63, 3.8) is 0 Å². The summed E-state index contributed by atoms with van der Waals surface area (Å²) >= 11 is 0. The highest BCUT2D eigenvalue weighted by Gasteiger charge is 2.22. The van der Waals surface area contributed by atoms with Crippen LogP contribution in [-0.2, 0) is 4.79 Å². The van der Waals surface area contributed by atoms with Crippen molar-refractivity contribution in [3.8, 4) is 0 Å². The van der Waals surface area contributed by atoms with Crippen molar-refractivity contribution >= 4 is 11.6 Å². The number of para-hydroxylation sites is 1. The van der Waals surface area contributed by atoms with Crippen molar-refractivity contribution in [2.24, 2.45) is 0 Å². The smallest absolute Gasteiger partial charge is 0.240 e. The second kappa shape index (κ2) is 5.98. The Bertz CT molecular complexity index is 387. The van der Waals surface area contributed by atoms with E-state index in [4.69, 9.17) is 0 Å². The van der Waals surface area contributed by atoms with Gasteiger partial charge in [0.05, 0.1) is 6.54 Å². The predicted molar refractivity (Wildman–Crippen MR) is 73.8 cm³/mol. The Morgan fingerprint density at radius 2 is 2.06 bits per heavy atom. The number of amides is 1. The lowest BCUT2D eigenvalue weighted by Crippen LogP contribution is -2.42. The van der Waals surface area contributed by atoms with Crippen LogP contribution in [0.5, 0.6) is 0 Å². The van der Waals surface area contributed by atoms with E-state index in [0.717, 1.165) is 25.2 Å². The van der Waals surface area contributed by atoms with Gasteiger partial charge in [0.2, 0.25) is 5.91 Å². The molecule has 0 radical (unpaired) electrons. The number of carbonyl (C=O) groups excluding carboxylic acids is 1. The number of likely N-dealkylation sites (N-methyl/N-ethyl adjacent to an activating group) is 2. The molecule has 1 aromatic carbocycles. The first kappa shape index (κ1) is 13.1. The van der Waals surface area contributed by atoms with Crippen molar-refractivity contribution in [2.75, 3.05) is 38.6 Å². The first-order valence-electron chi connectivity index (χ1n) is 6.41. The molecular formula is C14H21N3O. The molecule has 0 aliphatic carbocycles. The minimum atomic E-state index is 0.135. The fourth-order valence-electron chi connectivity index (χ4n) is 2.26. The van der Waals surface area contributed by atoms with Gasteiger partial charge in [-0.3, -0.25) is 9.69 Å². The summed E-state index contributed by atoms with van der Waals surface area (Å²) in [5.74, 6) is 0.135. The van der Waals surface area contributed by atoms with E-state index in [1.165, 1.54) is 0 Å². The van der Waals surface area contributed by atoms with Crippen LogP contribution in [-0.4, -0.2) is 50.6 Å². The molecule has 1 aromatic rings. The van der Waals surface area contributed by atoms with Gasteiger partial charge in [0, 0.05) is 25.3 Å². The van der Waals surface area contributed by atoms with Gasteiger partial charge in [-0.15, -0.1) is 0 Å².